The van der Waals surface area contributed by atoms with Gasteiger partial charge in [0.25, 0.3) is 5.91 Å². The summed E-state index contributed by atoms with van der Waals surface area (Å²) >= 11 is 3.54. The molecule has 3 rings (SSSR count). The topological polar surface area (TPSA) is 49.4 Å². The summed E-state index contributed by atoms with van der Waals surface area (Å²) in [5.41, 5.74) is 2.30. The number of carbonyl (C=O) groups excluding carboxylic acids is 2. The average Bonchev–Trinajstić information content (AvgIpc) is 3.18. The number of carbonyl (C=O) groups is 2. The van der Waals surface area contributed by atoms with Crippen molar-refractivity contribution in [2.45, 2.75) is 37.6 Å². The Labute approximate surface area is 169 Å². The Balaban J connectivity index is 1.79. The van der Waals surface area contributed by atoms with Crippen molar-refractivity contribution in [2.75, 3.05) is 14.1 Å². The van der Waals surface area contributed by atoms with Gasteiger partial charge in [0.2, 0.25) is 5.91 Å². The van der Waals surface area contributed by atoms with E-state index < -0.39 is 5.41 Å². The van der Waals surface area contributed by atoms with Crippen molar-refractivity contribution in [1.29, 1.82) is 0 Å². The molecular weight excluding hydrogens is 404 g/mol. The van der Waals surface area contributed by atoms with Crippen LogP contribution >= 0.6 is 15.9 Å². The van der Waals surface area contributed by atoms with Crippen LogP contribution in [0.2, 0.25) is 0 Å². The van der Waals surface area contributed by atoms with E-state index in [1.807, 2.05) is 36.2 Å². The minimum Gasteiger partial charge on any atom is -0.355 e. The molecule has 2 aromatic rings. The summed E-state index contributed by atoms with van der Waals surface area (Å²) in [6.07, 6.45) is 3.93. The van der Waals surface area contributed by atoms with E-state index in [9.17, 15) is 9.59 Å². The smallest absolute Gasteiger partial charge is 0.251 e. The molecule has 0 radical (unpaired) electrons. The summed E-state index contributed by atoms with van der Waals surface area (Å²) < 4.78 is 1.01. The van der Waals surface area contributed by atoms with Gasteiger partial charge in [-0.05, 0) is 48.2 Å². The molecule has 1 aliphatic carbocycles. The lowest BCUT2D eigenvalue weighted by Crippen LogP contribution is -2.43. The molecule has 0 saturated heterocycles. The molecule has 1 N–H and O–H groups in total. The summed E-state index contributed by atoms with van der Waals surface area (Å²) in [5, 5.41) is 2.62. The van der Waals surface area contributed by atoms with Gasteiger partial charge in [0.15, 0.2) is 0 Å². The molecule has 1 fully saturated rings. The molecular formula is C22H25BrN2O2. The van der Waals surface area contributed by atoms with Crippen LogP contribution in [0.1, 0.15) is 47.2 Å². The first-order chi connectivity index (χ1) is 13.0. The van der Waals surface area contributed by atoms with Gasteiger partial charge in [-0.1, -0.05) is 53.0 Å². The normalized spacial score (nSPS) is 15.4. The highest BCUT2D eigenvalue weighted by molar-refractivity contribution is 9.10. The molecule has 142 valence electrons. The van der Waals surface area contributed by atoms with Crippen molar-refractivity contribution >= 4 is 27.7 Å². The largest absolute Gasteiger partial charge is 0.355 e. The van der Waals surface area contributed by atoms with Gasteiger partial charge in [-0.3, -0.25) is 9.59 Å². The van der Waals surface area contributed by atoms with E-state index in [1.54, 1.807) is 19.2 Å². The Bertz CT molecular complexity index is 826. The number of amides is 2. The fourth-order valence-corrected chi connectivity index (χ4v) is 4.41. The molecule has 5 heteroatoms. The number of nitrogens with zero attached hydrogens (tertiary/aromatic N) is 1. The molecule has 0 spiro atoms. The second-order valence-electron chi connectivity index (χ2n) is 7.24. The Kier molecular flexibility index (Phi) is 6.00. The Morgan fingerprint density at radius 2 is 1.78 bits per heavy atom. The molecule has 4 nitrogen and oxygen atoms in total. The third-order valence-corrected chi connectivity index (χ3v) is 5.95. The van der Waals surface area contributed by atoms with Gasteiger partial charge in [-0.2, -0.15) is 0 Å². The molecule has 2 aromatic carbocycles. The van der Waals surface area contributed by atoms with Gasteiger partial charge in [0, 0.05) is 30.7 Å². The molecule has 0 atom stereocenters. The highest BCUT2D eigenvalue weighted by atomic mass is 79.9. The zero-order valence-corrected chi connectivity index (χ0v) is 17.4. The van der Waals surface area contributed by atoms with Crippen molar-refractivity contribution in [2.24, 2.45) is 0 Å². The number of hydrogen-bond acceptors (Lipinski definition) is 2. The second kappa shape index (κ2) is 8.26. The van der Waals surface area contributed by atoms with Crippen LogP contribution in [0.15, 0.2) is 53.0 Å². The molecule has 27 heavy (non-hydrogen) atoms. The second-order valence-corrected chi connectivity index (χ2v) is 8.15. The molecule has 1 saturated carbocycles. The SMILES string of the molecule is CNC(=O)c1ccc(CN(C)C(=O)C2(c3cccc(Br)c3)CCCC2)cc1. The maximum atomic E-state index is 13.5. The number of rotatable bonds is 5. The lowest BCUT2D eigenvalue weighted by Gasteiger charge is -2.33. The monoisotopic (exact) mass is 428 g/mol. The first-order valence-corrected chi connectivity index (χ1v) is 10.1. The van der Waals surface area contributed by atoms with E-state index in [1.165, 1.54) is 0 Å². The number of hydrogen-bond donors (Lipinski definition) is 1. The minimum atomic E-state index is -0.430. The van der Waals surface area contributed by atoms with Crippen LogP contribution in [0.4, 0.5) is 0 Å². The van der Waals surface area contributed by atoms with Gasteiger partial charge in [-0.25, -0.2) is 0 Å². The van der Waals surface area contributed by atoms with E-state index in [4.69, 9.17) is 0 Å². The Morgan fingerprint density at radius 1 is 1.11 bits per heavy atom. The fourth-order valence-electron chi connectivity index (χ4n) is 4.01. The van der Waals surface area contributed by atoms with Crippen LogP contribution in [-0.2, 0) is 16.8 Å². The fraction of sp³-hybridized carbons (Fsp3) is 0.364. The van der Waals surface area contributed by atoms with Crippen LogP contribution < -0.4 is 5.32 Å². The average molecular weight is 429 g/mol. The summed E-state index contributed by atoms with van der Waals surface area (Å²) in [6.45, 7) is 0.530. The maximum Gasteiger partial charge on any atom is 0.251 e. The van der Waals surface area contributed by atoms with E-state index >= 15 is 0 Å². The number of benzene rings is 2. The highest BCUT2D eigenvalue weighted by Crippen LogP contribution is 2.43. The summed E-state index contributed by atoms with van der Waals surface area (Å²) in [7, 11) is 3.48. The van der Waals surface area contributed by atoms with Gasteiger partial charge in [0.05, 0.1) is 5.41 Å². The van der Waals surface area contributed by atoms with Crippen molar-refractivity contribution in [3.05, 3.63) is 69.7 Å². The van der Waals surface area contributed by atoms with Crippen LogP contribution in [0.25, 0.3) is 0 Å². The number of halogens is 1. The van der Waals surface area contributed by atoms with Crippen molar-refractivity contribution in [3.8, 4) is 0 Å². The van der Waals surface area contributed by atoms with Gasteiger partial charge >= 0.3 is 0 Å². The minimum absolute atomic E-state index is 0.106. The Morgan fingerprint density at radius 3 is 2.37 bits per heavy atom. The lowest BCUT2D eigenvalue weighted by atomic mass is 9.77. The first kappa shape index (κ1) is 19.6. The van der Waals surface area contributed by atoms with Gasteiger partial charge in [-0.15, -0.1) is 0 Å². The third kappa shape index (κ3) is 4.08. The molecule has 0 bridgehead atoms. The number of likely N-dealkylation sites (N-methyl/N-ethyl adjacent to an activating group) is 1. The zero-order valence-electron chi connectivity index (χ0n) is 15.8. The van der Waals surface area contributed by atoms with Crippen LogP contribution in [0.5, 0.6) is 0 Å². The molecule has 2 amide bonds. The van der Waals surface area contributed by atoms with E-state index in [0.29, 0.717) is 12.1 Å². The summed E-state index contributed by atoms with van der Waals surface area (Å²) in [5.74, 6) is 0.0685. The molecule has 0 aromatic heterocycles. The molecule has 0 unspecified atom stereocenters. The highest BCUT2D eigenvalue weighted by Gasteiger charge is 2.44. The number of nitrogens with one attached hydrogen (secondary N) is 1. The quantitative estimate of drug-likeness (QED) is 0.772. The van der Waals surface area contributed by atoms with Crippen LogP contribution in [0, 0.1) is 0 Å². The molecule has 0 heterocycles. The summed E-state index contributed by atoms with van der Waals surface area (Å²) in [6, 6.07) is 15.6. The Hall–Kier alpha value is -2.14. The van der Waals surface area contributed by atoms with Crippen molar-refractivity contribution in [3.63, 3.8) is 0 Å². The van der Waals surface area contributed by atoms with Gasteiger partial charge < -0.3 is 10.2 Å². The van der Waals surface area contributed by atoms with E-state index in [0.717, 1.165) is 41.3 Å². The van der Waals surface area contributed by atoms with Crippen LogP contribution in [0.3, 0.4) is 0 Å². The predicted molar refractivity (Wildman–Crippen MR) is 111 cm³/mol. The van der Waals surface area contributed by atoms with Crippen LogP contribution in [-0.4, -0.2) is 30.8 Å². The lowest BCUT2D eigenvalue weighted by molar-refractivity contribution is -0.136. The zero-order chi connectivity index (χ0) is 19.4. The first-order valence-electron chi connectivity index (χ1n) is 9.29. The van der Waals surface area contributed by atoms with E-state index in [2.05, 4.69) is 33.4 Å². The van der Waals surface area contributed by atoms with Gasteiger partial charge in [0.1, 0.15) is 0 Å². The maximum absolute atomic E-state index is 13.5. The predicted octanol–water partition coefficient (Wildman–Crippen LogP) is 4.28. The standard InChI is InChI=1S/C22H25BrN2O2/c1-24-20(26)17-10-8-16(9-11-17)15-25(2)21(27)22(12-3-4-13-22)18-6-5-7-19(23)14-18/h5-11,14H,3-4,12-13,15H2,1-2H3,(H,24,26). The van der Waals surface area contributed by atoms with Crippen molar-refractivity contribution in [1.82, 2.24) is 10.2 Å². The molecule has 1 aliphatic rings. The third-order valence-electron chi connectivity index (χ3n) is 5.45. The summed E-state index contributed by atoms with van der Waals surface area (Å²) in [4.78, 5) is 26.9. The molecule has 0 aliphatic heterocycles. The van der Waals surface area contributed by atoms with E-state index in [-0.39, 0.29) is 11.8 Å². The van der Waals surface area contributed by atoms with Crippen molar-refractivity contribution < 1.29 is 9.59 Å².